The van der Waals surface area contributed by atoms with E-state index in [2.05, 4.69) is 25.2 Å². The first-order valence-corrected chi connectivity index (χ1v) is 10.4. The molecule has 1 aliphatic rings. The van der Waals surface area contributed by atoms with Crippen molar-refractivity contribution in [2.24, 2.45) is 0 Å². The van der Waals surface area contributed by atoms with E-state index in [1.165, 1.54) is 37.7 Å². The molecule has 1 fully saturated rings. The maximum Gasteiger partial charge on any atom is 0.257 e. The number of halogens is 2. The van der Waals surface area contributed by atoms with E-state index in [0.29, 0.717) is 35.1 Å². The van der Waals surface area contributed by atoms with Crippen LogP contribution in [0.15, 0.2) is 42.9 Å². The Balaban J connectivity index is 1.67. The molecule has 166 valence electrons. The van der Waals surface area contributed by atoms with Gasteiger partial charge in [-0.25, -0.2) is 14.4 Å². The molecule has 1 amide bonds. The number of nitrogens with zero attached hydrogens (tertiary/aromatic N) is 5. The Kier molecular flexibility index (Phi) is 6.48. The summed E-state index contributed by atoms with van der Waals surface area (Å²) in [6.45, 7) is 2.89. The predicted octanol–water partition coefficient (Wildman–Crippen LogP) is 3.47. The van der Waals surface area contributed by atoms with Gasteiger partial charge in [-0.05, 0) is 31.3 Å². The maximum atomic E-state index is 14.3. The number of hydrogen-bond acceptors (Lipinski definition) is 7. The van der Waals surface area contributed by atoms with Crippen molar-refractivity contribution in [1.29, 1.82) is 0 Å². The van der Waals surface area contributed by atoms with Crippen LogP contribution in [0, 0.1) is 5.82 Å². The van der Waals surface area contributed by atoms with Crippen molar-refractivity contribution < 1.29 is 13.9 Å². The number of pyridine rings is 1. The van der Waals surface area contributed by atoms with Crippen molar-refractivity contribution in [2.45, 2.75) is 0 Å². The zero-order valence-corrected chi connectivity index (χ0v) is 18.4. The Hall–Kier alpha value is -3.30. The second kappa shape index (κ2) is 9.46. The van der Waals surface area contributed by atoms with Crippen molar-refractivity contribution in [3.63, 3.8) is 0 Å². The summed E-state index contributed by atoms with van der Waals surface area (Å²) >= 11 is 6.02. The lowest BCUT2D eigenvalue weighted by molar-refractivity contribution is 0.0664. The van der Waals surface area contributed by atoms with Crippen LogP contribution in [0.2, 0.25) is 5.02 Å². The summed E-state index contributed by atoms with van der Waals surface area (Å²) in [7, 11) is 3.51. The van der Waals surface area contributed by atoms with Gasteiger partial charge < -0.3 is 19.9 Å². The third-order valence-corrected chi connectivity index (χ3v) is 5.47. The van der Waals surface area contributed by atoms with E-state index >= 15 is 0 Å². The number of benzene rings is 1. The number of anilines is 2. The standard InChI is InChI=1S/C22H22ClFN6O2/c1-29-7-9-30(10-8-29)22(31)16-12-25-6-5-18(16)27-21-19(32-2)13-26-20(28-21)15-11-14(23)3-4-17(15)24/h3-6,11-13H,7-10H2,1-2H3,(H,25,26,27,28). The predicted molar refractivity (Wildman–Crippen MR) is 120 cm³/mol. The molecule has 3 heterocycles. The van der Waals surface area contributed by atoms with Gasteiger partial charge in [-0.2, -0.15) is 0 Å². The molecule has 0 atom stereocenters. The molecule has 2 aromatic heterocycles. The van der Waals surface area contributed by atoms with Crippen LogP contribution >= 0.6 is 11.6 Å². The number of piperazine rings is 1. The Morgan fingerprint density at radius 1 is 1.19 bits per heavy atom. The van der Waals surface area contributed by atoms with Crippen molar-refractivity contribution in [2.75, 3.05) is 45.7 Å². The molecule has 32 heavy (non-hydrogen) atoms. The SMILES string of the molecule is COc1cnc(-c2cc(Cl)ccc2F)nc1Nc1ccncc1C(=O)N1CCN(C)CC1. The van der Waals surface area contributed by atoms with Crippen LogP contribution in [-0.2, 0) is 0 Å². The normalized spacial score (nSPS) is 14.3. The minimum Gasteiger partial charge on any atom is -0.491 e. The summed E-state index contributed by atoms with van der Waals surface area (Å²) in [5.41, 5.74) is 1.08. The van der Waals surface area contributed by atoms with Crippen LogP contribution in [-0.4, -0.2) is 71.0 Å². The fourth-order valence-corrected chi connectivity index (χ4v) is 3.56. The van der Waals surface area contributed by atoms with Crippen LogP contribution in [0.3, 0.4) is 0 Å². The lowest BCUT2D eigenvalue weighted by Gasteiger charge is -2.32. The highest BCUT2D eigenvalue weighted by molar-refractivity contribution is 6.30. The van der Waals surface area contributed by atoms with E-state index in [4.69, 9.17) is 16.3 Å². The average Bonchev–Trinajstić information content (AvgIpc) is 2.81. The van der Waals surface area contributed by atoms with Crippen LogP contribution in [0.1, 0.15) is 10.4 Å². The molecule has 10 heteroatoms. The van der Waals surface area contributed by atoms with Crippen molar-refractivity contribution in [3.8, 4) is 17.1 Å². The van der Waals surface area contributed by atoms with Crippen molar-refractivity contribution >= 4 is 29.0 Å². The van der Waals surface area contributed by atoms with E-state index in [0.717, 1.165) is 13.1 Å². The highest BCUT2D eigenvalue weighted by atomic mass is 35.5. The Labute approximate surface area is 190 Å². The number of carbonyl (C=O) groups is 1. The second-order valence-corrected chi connectivity index (χ2v) is 7.81. The molecule has 1 aliphatic heterocycles. The summed E-state index contributed by atoms with van der Waals surface area (Å²) in [5, 5.41) is 3.50. The van der Waals surface area contributed by atoms with Crippen molar-refractivity contribution in [3.05, 3.63) is 59.3 Å². The molecule has 0 saturated carbocycles. The van der Waals surface area contributed by atoms with Gasteiger partial charge in [0.05, 0.1) is 30.1 Å². The van der Waals surface area contributed by atoms with E-state index < -0.39 is 5.82 Å². The summed E-state index contributed by atoms with van der Waals surface area (Å²) < 4.78 is 19.7. The number of hydrogen-bond donors (Lipinski definition) is 1. The van der Waals surface area contributed by atoms with Gasteiger partial charge in [0.1, 0.15) is 5.82 Å². The number of rotatable bonds is 5. The zero-order valence-electron chi connectivity index (χ0n) is 17.7. The lowest BCUT2D eigenvalue weighted by atomic mass is 10.2. The quantitative estimate of drug-likeness (QED) is 0.629. The number of nitrogens with one attached hydrogen (secondary N) is 1. The van der Waals surface area contributed by atoms with Gasteiger partial charge in [0, 0.05) is 43.6 Å². The van der Waals surface area contributed by atoms with Gasteiger partial charge in [0.2, 0.25) is 0 Å². The molecule has 3 aromatic rings. The molecule has 0 bridgehead atoms. The molecule has 8 nitrogen and oxygen atoms in total. The highest BCUT2D eigenvalue weighted by Gasteiger charge is 2.23. The van der Waals surface area contributed by atoms with Crippen LogP contribution < -0.4 is 10.1 Å². The summed E-state index contributed by atoms with van der Waals surface area (Å²) in [5.74, 6) is 0.138. The number of methoxy groups -OCH3 is 1. The number of likely N-dealkylation sites (N-methyl/N-ethyl adjacent to an activating group) is 1. The van der Waals surface area contributed by atoms with E-state index in [9.17, 15) is 9.18 Å². The molecule has 0 unspecified atom stereocenters. The first kappa shape index (κ1) is 21.9. The minimum atomic E-state index is -0.500. The molecule has 0 radical (unpaired) electrons. The van der Waals surface area contributed by atoms with Gasteiger partial charge in [0.25, 0.3) is 5.91 Å². The Bertz CT molecular complexity index is 1140. The van der Waals surface area contributed by atoms with Gasteiger partial charge in [-0.15, -0.1) is 0 Å². The molecule has 0 aliphatic carbocycles. The zero-order chi connectivity index (χ0) is 22.7. The summed E-state index contributed by atoms with van der Waals surface area (Å²) in [6, 6.07) is 5.85. The van der Waals surface area contributed by atoms with Crippen LogP contribution in [0.5, 0.6) is 5.75 Å². The first-order valence-electron chi connectivity index (χ1n) is 10.0. The molecular formula is C22H22ClFN6O2. The highest BCUT2D eigenvalue weighted by Crippen LogP contribution is 2.31. The van der Waals surface area contributed by atoms with Crippen LogP contribution in [0.25, 0.3) is 11.4 Å². The number of carbonyl (C=O) groups excluding carboxylic acids is 1. The fourth-order valence-electron chi connectivity index (χ4n) is 3.39. The van der Waals surface area contributed by atoms with E-state index in [1.807, 2.05) is 7.05 Å². The molecule has 4 rings (SSSR count). The van der Waals surface area contributed by atoms with Gasteiger partial charge in [-0.1, -0.05) is 11.6 Å². The van der Waals surface area contributed by atoms with Gasteiger partial charge in [0.15, 0.2) is 17.4 Å². The van der Waals surface area contributed by atoms with E-state index in [1.54, 1.807) is 17.2 Å². The monoisotopic (exact) mass is 456 g/mol. The first-order chi connectivity index (χ1) is 15.5. The topological polar surface area (TPSA) is 83.5 Å². The number of amides is 1. The third-order valence-electron chi connectivity index (χ3n) is 5.24. The lowest BCUT2D eigenvalue weighted by Crippen LogP contribution is -2.47. The molecular weight excluding hydrogens is 435 g/mol. The number of aromatic nitrogens is 3. The van der Waals surface area contributed by atoms with Gasteiger partial charge >= 0.3 is 0 Å². The molecule has 1 aromatic carbocycles. The fraction of sp³-hybridized carbons (Fsp3) is 0.273. The summed E-state index contributed by atoms with van der Waals surface area (Å²) in [4.78, 5) is 29.9. The van der Waals surface area contributed by atoms with Crippen LogP contribution in [0.4, 0.5) is 15.9 Å². The number of ether oxygens (including phenoxy) is 1. The van der Waals surface area contributed by atoms with Gasteiger partial charge in [-0.3, -0.25) is 9.78 Å². The molecule has 1 N–H and O–H groups in total. The Morgan fingerprint density at radius 2 is 1.97 bits per heavy atom. The summed E-state index contributed by atoms with van der Waals surface area (Å²) in [6.07, 6.45) is 4.54. The Morgan fingerprint density at radius 3 is 2.72 bits per heavy atom. The largest absolute Gasteiger partial charge is 0.491 e. The second-order valence-electron chi connectivity index (χ2n) is 7.38. The third kappa shape index (κ3) is 4.63. The minimum absolute atomic E-state index is 0.122. The molecule has 1 saturated heterocycles. The van der Waals surface area contributed by atoms with E-state index in [-0.39, 0.29) is 23.1 Å². The maximum absolute atomic E-state index is 14.3. The average molecular weight is 457 g/mol. The molecule has 0 spiro atoms. The smallest absolute Gasteiger partial charge is 0.257 e. The van der Waals surface area contributed by atoms with Crippen molar-refractivity contribution in [1.82, 2.24) is 24.8 Å².